The topological polar surface area (TPSA) is 50.1 Å². The fraction of sp³-hybridized carbons (Fsp3) is 0.333. The maximum absolute atomic E-state index is 10.5. The third-order valence-corrected chi connectivity index (χ3v) is 2.58. The summed E-state index contributed by atoms with van der Waals surface area (Å²) in [5.74, 6) is -0.267. The van der Waals surface area contributed by atoms with Crippen LogP contribution in [0.3, 0.4) is 0 Å². The van der Waals surface area contributed by atoms with Crippen LogP contribution in [-0.2, 0) is 16.0 Å². The molecule has 84 valence electrons. The van der Waals surface area contributed by atoms with Crippen LogP contribution in [-0.4, -0.2) is 12.6 Å². The monoisotopic (exact) mass is 281 g/mol. The number of halogens is 1. The molecule has 16 heavy (non-hydrogen) atoms. The van der Waals surface area contributed by atoms with E-state index in [1.165, 1.54) is 6.92 Å². The van der Waals surface area contributed by atoms with E-state index >= 15 is 0 Å². The summed E-state index contributed by atoms with van der Waals surface area (Å²) in [7, 11) is 0. The van der Waals surface area contributed by atoms with Crippen molar-refractivity contribution in [1.82, 2.24) is 0 Å². The predicted molar refractivity (Wildman–Crippen MR) is 63.8 cm³/mol. The summed E-state index contributed by atoms with van der Waals surface area (Å²) in [6.45, 7) is 1.79. The summed E-state index contributed by atoms with van der Waals surface area (Å²) in [5, 5.41) is 8.93. The second-order valence-corrected chi connectivity index (χ2v) is 4.27. The Balaban J connectivity index is 2.54. The predicted octanol–water partition coefficient (Wildman–Crippen LogP) is 2.82. The Morgan fingerprint density at radius 1 is 1.56 bits per heavy atom. The van der Waals surface area contributed by atoms with Crippen LogP contribution < -0.4 is 0 Å². The molecular formula is C12H12BrNO2. The Morgan fingerprint density at radius 3 is 2.94 bits per heavy atom. The molecule has 0 radical (unpaired) electrons. The van der Waals surface area contributed by atoms with Crippen molar-refractivity contribution in [3.63, 3.8) is 0 Å². The number of nitrogens with zero attached hydrogens (tertiary/aromatic N) is 1. The van der Waals surface area contributed by atoms with Gasteiger partial charge >= 0.3 is 5.97 Å². The Labute approximate surface area is 103 Å². The number of nitriles is 1. The van der Waals surface area contributed by atoms with Crippen LogP contribution >= 0.6 is 15.9 Å². The van der Waals surface area contributed by atoms with Crippen LogP contribution in [0.5, 0.6) is 0 Å². The van der Waals surface area contributed by atoms with E-state index in [2.05, 4.69) is 22.0 Å². The van der Waals surface area contributed by atoms with Crippen molar-refractivity contribution < 1.29 is 9.53 Å². The molecule has 0 unspecified atom stereocenters. The molecule has 0 aliphatic heterocycles. The highest BCUT2D eigenvalue weighted by Gasteiger charge is 2.03. The van der Waals surface area contributed by atoms with Crippen molar-refractivity contribution in [3.05, 3.63) is 33.8 Å². The van der Waals surface area contributed by atoms with Gasteiger partial charge in [-0.1, -0.05) is 22.0 Å². The van der Waals surface area contributed by atoms with Gasteiger partial charge < -0.3 is 4.74 Å². The Bertz CT molecular complexity index is 424. The van der Waals surface area contributed by atoms with E-state index in [1.807, 2.05) is 12.1 Å². The summed E-state index contributed by atoms with van der Waals surface area (Å²) >= 11 is 3.32. The summed E-state index contributed by atoms with van der Waals surface area (Å²) in [5.41, 5.74) is 1.65. The second kappa shape index (κ2) is 6.29. The molecule has 1 aromatic carbocycles. The first kappa shape index (κ1) is 12.7. The van der Waals surface area contributed by atoms with E-state index in [0.717, 1.165) is 22.9 Å². The number of esters is 1. The smallest absolute Gasteiger partial charge is 0.302 e. The molecule has 0 N–H and O–H groups in total. The van der Waals surface area contributed by atoms with Gasteiger partial charge in [0.05, 0.1) is 18.2 Å². The van der Waals surface area contributed by atoms with Gasteiger partial charge in [0.15, 0.2) is 0 Å². The SMILES string of the molecule is CC(=O)OCCCc1ccc(Br)cc1C#N. The zero-order valence-corrected chi connectivity index (χ0v) is 10.6. The first-order valence-electron chi connectivity index (χ1n) is 4.95. The summed E-state index contributed by atoms with van der Waals surface area (Å²) in [6, 6.07) is 7.76. The van der Waals surface area contributed by atoms with Crippen LogP contribution in [0.1, 0.15) is 24.5 Å². The van der Waals surface area contributed by atoms with Crippen LogP contribution in [0, 0.1) is 11.3 Å². The third-order valence-electron chi connectivity index (χ3n) is 2.09. The number of hydrogen-bond donors (Lipinski definition) is 0. The molecule has 4 heteroatoms. The van der Waals surface area contributed by atoms with Gasteiger partial charge in [-0.15, -0.1) is 0 Å². The molecule has 0 amide bonds. The highest BCUT2D eigenvalue weighted by molar-refractivity contribution is 9.10. The van der Waals surface area contributed by atoms with Gasteiger partial charge in [0, 0.05) is 11.4 Å². The Kier molecular flexibility index (Phi) is 5.00. The molecule has 1 rings (SSSR count). The average molecular weight is 282 g/mol. The van der Waals surface area contributed by atoms with E-state index in [0.29, 0.717) is 12.2 Å². The number of hydrogen-bond acceptors (Lipinski definition) is 3. The molecule has 0 spiro atoms. The van der Waals surface area contributed by atoms with Gasteiger partial charge in [0.2, 0.25) is 0 Å². The van der Waals surface area contributed by atoms with Gasteiger partial charge in [-0.2, -0.15) is 5.26 Å². The van der Waals surface area contributed by atoms with Crippen LogP contribution in [0.15, 0.2) is 22.7 Å². The van der Waals surface area contributed by atoms with Crippen molar-refractivity contribution in [2.75, 3.05) is 6.61 Å². The second-order valence-electron chi connectivity index (χ2n) is 3.36. The lowest BCUT2D eigenvalue weighted by Gasteiger charge is -2.04. The summed E-state index contributed by atoms with van der Waals surface area (Å²) in [4.78, 5) is 10.5. The first-order chi connectivity index (χ1) is 7.63. The number of carbonyl (C=O) groups is 1. The Morgan fingerprint density at radius 2 is 2.31 bits per heavy atom. The van der Waals surface area contributed by atoms with Crippen molar-refractivity contribution in [2.45, 2.75) is 19.8 Å². The number of ether oxygens (including phenoxy) is 1. The fourth-order valence-corrected chi connectivity index (χ4v) is 1.71. The maximum Gasteiger partial charge on any atom is 0.302 e. The van der Waals surface area contributed by atoms with Gasteiger partial charge in [0.1, 0.15) is 0 Å². The van der Waals surface area contributed by atoms with Gasteiger partial charge in [-0.05, 0) is 30.5 Å². The molecule has 0 saturated heterocycles. The molecule has 3 nitrogen and oxygen atoms in total. The minimum absolute atomic E-state index is 0.267. The molecular weight excluding hydrogens is 270 g/mol. The number of rotatable bonds is 4. The average Bonchev–Trinajstić information content (AvgIpc) is 2.25. The normalized spacial score (nSPS) is 9.56. The van der Waals surface area contributed by atoms with Gasteiger partial charge in [-0.25, -0.2) is 0 Å². The quantitative estimate of drug-likeness (QED) is 0.630. The third kappa shape index (κ3) is 4.03. The van der Waals surface area contributed by atoms with E-state index < -0.39 is 0 Å². The number of carbonyl (C=O) groups excluding carboxylic acids is 1. The molecule has 0 aliphatic carbocycles. The van der Waals surface area contributed by atoms with E-state index in [1.54, 1.807) is 6.07 Å². The lowest BCUT2D eigenvalue weighted by atomic mass is 10.0. The summed E-state index contributed by atoms with van der Waals surface area (Å²) < 4.78 is 5.73. The highest BCUT2D eigenvalue weighted by atomic mass is 79.9. The largest absolute Gasteiger partial charge is 0.466 e. The fourth-order valence-electron chi connectivity index (χ4n) is 1.35. The van der Waals surface area contributed by atoms with Crippen LogP contribution in [0.2, 0.25) is 0 Å². The van der Waals surface area contributed by atoms with E-state index in [4.69, 9.17) is 10.00 Å². The van der Waals surface area contributed by atoms with Crippen LogP contribution in [0.4, 0.5) is 0 Å². The van der Waals surface area contributed by atoms with Crippen molar-refractivity contribution >= 4 is 21.9 Å². The lowest BCUT2D eigenvalue weighted by molar-refractivity contribution is -0.141. The van der Waals surface area contributed by atoms with Crippen LogP contribution in [0.25, 0.3) is 0 Å². The molecule has 0 atom stereocenters. The highest BCUT2D eigenvalue weighted by Crippen LogP contribution is 2.17. The summed E-state index contributed by atoms with van der Waals surface area (Å²) in [6.07, 6.45) is 1.47. The number of aryl methyl sites for hydroxylation is 1. The first-order valence-corrected chi connectivity index (χ1v) is 5.74. The number of benzene rings is 1. The minimum atomic E-state index is -0.267. The molecule has 1 aromatic rings. The van der Waals surface area contributed by atoms with E-state index in [9.17, 15) is 4.79 Å². The molecule has 0 aromatic heterocycles. The van der Waals surface area contributed by atoms with Gasteiger partial charge in [0.25, 0.3) is 0 Å². The minimum Gasteiger partial charge on any atom is -0.466 e. The zero-order valence-electron chi connectivity index (χ0n) is 9.00. The lowest BCUT2D eigenvalue weighted by Crippen LogP contribution is -2.02. The van der Waals surface area contributed by atoms with E-state index in [-0.39, 0.29) is 5.97 Å². The van der Waals surface area contributed by atoms with Crippen molar-refractivity contribution in [3.8, 4) is 6.07 Å². The van der Waals surface area contributed by atoms with Gasteiger partial charge in [-0.3, -0.25) is 4.79 Å². The standard InChI is InChI=1S/C12H12BrNO2/c1-9(15)16-6-2-3-10-4-5-12(13)7-11(10)8-14/h4-5,7H,2-3,6H2,1H3. The molecule has 0 bridgehead atoms. The molecule has 0 fully saturated rings. The molecule has 0 aliphatic rings. The molecule has 0 heterocycles. The van der Waals surface area contributed by atoms with Crippen molar-refractivity contribution in [1.29, 1.82) is 5.26 Å². The van der Waals surface area contributed by atoms with Crippen molar-refractivity contribution in [2.24, 2.45) is 0 Å². The Hall–Kier alpha value is -1.34. The zero-order chi connectivity index (χ0) is 12.0. The molecule has 0 saturated carbocycles. The maximum atomic E-state index is 10.5.